The van der Waals surface area contributed by atoms with Gasteiger partial charge < -0.3 is 14.1 Å². The fourth-order valence-electron chi connectivity index (χ4n) is 3.45. The summed E-state index contributed by atoms with van der Waals surface area (Å²) in [7, 11) is 0. The number of aromatic amines is 1. The van der Waals surface area contributed by atoms with Crippen molar-refractivity contribution in [3.63, 3.8) is 0 Å². The molecular weight excluding hydrogens is 430 g/mol. The van der Waals surface area contributed by atoms with E-state index in [1.165, 1.54) is 12.1 Å². The van der Waals surface area contributed by atoms with Gasteiger partial charge in [-0.25, -0.2) is 9.78 Å². The highest BCUT2D eigenvalue weighted by molar-refractivity contribution is 6.33. The Kier molecular flexibility index (Phi) is 5.09. The monoisotopic (exact) mass is 445 g/mol. The zero-order valence-electron chi connectivity index (χ0n) is 16.6. The van der Waals surface area contributed by atoms with Crippen molar-refractivity contribution in [2.75, 3.05) is 11.9 Å². The Balaban J connectivity index is 1.38. The number of rotatable bonds is 5. The number of fused-ring (bicyclic) bond motifs is 2. The number of benzene rings is 3. The average Bonchev–Trinajstić information content (AvgIpc) is 3.20. The molecule has 0 unspecified atom stereocenters. The molecule has 5 aromatic rings. The Bertz CT molecular complexity index is 1480. The number of carbonyl (C=O) groups excluding carboxylic acids is 1. The molecule has 0 bridgehead atoms. The maximum atomic E-state index is 12.3. The van der Waals surface area contributed by atoms with E-state index in [9.17, 15) is 9.59 Å². The minimum absolute atomic E-state index is 0.229. The third-order valence-electron chi connectivity index (χ3n) is 4.89. The van der Waals surface area contributed by atoms with E-state index in [0.29, 0.717) is 27.5 Å². The average molecular weight is 446 g/mol. The predicted molar refractivity (Wildman–Crippen MR) is 123 cm³/mol. The van der Waals surface area contributed by atoms with Gasteiger partial charge in [-0.2, -0.15) is 0 Å². The fourth-order valence-corrected chi connectivity index (χ4v) is 3.67. The van der Waals surface area contributed by atoms with E-state index in [1.807, 2.05) is 54.6 Å². The van der Waals surface area contributed by atoms with Crippen molar-refractivity contribution < 1.29 is 13.9 Å². The van der Waals surface area contributed by atoms with E-state index in [1.54, 1.807) is 6.07 Å². The van der Waals surface area contributed by atoms with Crippen LogP contribution in [0.4, 0.5) is 5.95 Å². The SMILES string of the molecule is O=C(COc1cc2oc(=O)cc(-c3ccccc3)c2cc1Cl)Nc1nc2ccccc2[nH]1. The van der Waals surface area contributed by atoms with Crippen molar-refractivity contribution in [2.45, 2.75) is 0 Å². The third-order valence-corrected chi connectivity index (χ3v) is 5.18. The number of nitrogens with zero attached hydrogens (tertiary/aromatic N) is 1. The van der Waals surface area contributed by atoms with Crippen LogP contribution in [-0.2, 0) is 4.79 Å². The normalized spacial score (nSPS) is 11.0. The van der Waals surface area contributed by atoms with Crippen molar-refractivity contribution in [3.05, 3.63) is 88.2 Å². The predicted octanol–water partition coefficient (Wildman–Crippen LogP) is 5.01. The summed E-state index contributed by atoms with van der Waals surface area (Å²) in [4.78, 5) is 31.7. The van der Waals surface area contributed by atoms with Gasteiger partial charge in [-0.3, -0.25) is 10.1 Å². The minimum atomic E-state index is -0.493. The second kappa shape index (κ2) is 8.20. The van der Waals surface area contributed by atoms with Crippen LogP contribution in [0.25, 0.3) is 33.1 Å². The maximum Gasteiger partial charge on any atom is 0.336 e. The lowest BCUT2D eigenvalue weighted by Gasteiger charge is -2.11. The first-order chi connectivity index (χ1) is 15.6. The van der Waals surface area contributed by atoms with Crippen LogP contribution >= 0.6 is 11.6 Å². The molecular formula is C24H16ClN3O4. The number of halogens is 1. The molecule has 0 aliphatic rings. The summed E-state index contributed by atoms with van der Waals surface area (Å²) >= 11 is 6.40. The van der Waals surface area contributed by atoms with Crippen molar-refractivity contribution in [2.24, 2.45) is 0 Å². The molecule has 0 fully saturated rings. The van der Waals surface area contributed by atoms with Gasteiger partial charge in [0.2, 0.25) is 5.95 Å². The van der Waals surface area contributed by atoms with E-state index in [-0.39, 0.29) is 12.4 Å². The molecule has 3 aromatic carbocycles. The van der Waals surface area contributed by atoms with Crippen LogP contribution in [-0.4, -0.2) is 22.5 Å². The van der Waals surface area contributed by atoms with E-state index in [2.05, 4.69) is 15.3 Å². The molecule has 32 heavy (non-hydrogen) atoms. The number of nitrogens with one attached hydrogen (secondary N) is 2. The number of anilines is 1. The Morgan fingerprint density at radius 1 is 1.06 bits per heavy atom. The van der Waals surface area contributed by atoms with Crippen LogP contribution in [0.1, 0.15) is 0 Å². The topological polar surface area (TPSA) is 97.2 Å². The molecule has 2 N–H and O–H groups in total. The molecule has 2 heterocycles. The van der Waals surface area contributed by atoms with Gasteiger partial charge in [0.1, 0.15) is 11.3 Å². The number of hydrogen-bond acceptors (Lipinski definition) is 5. The summed E-state index contributed by atoms with van der Waals surface area (Å²) in [6, 6.07) is 21.5. The molecule has 7 nitrogen and oxygen atoms in total. The van der Waals surface area contributed by atoms with Crippen molar-refractivity contribution >= 4 is 45.5 Å². The van der Waals surface area contributed by atoms with Gasteiger partial charge in [0.05, 0.1) is 16.1 Å². The summed E-state index contributed by atoms with van der Waals surface area (Å²) in [5.74, 6) is 0.134. The van der Waals surface area contributed by atoms with Crippen LogP contribution in [0.2, 0.25) is 5.02 Å². The summed E-state index contributed by atoms with van der Waals surface area (Å²) < 4.78 is 10.9. The lowest BCUT2D eigenvalue weighted by Crippen LogP contribution is -2.21. The van der Waals surface area contributed by atoms with Gasteiger partial charge in [0.15, 0.2) is 6.61 Å². The highest BCUT2D eigenvalue weighted by Crippen LogP contribution is 2.34. The molecule has 0 spiro atoms. The quantitative estimate of drug-likeness (QED) is 0.371. The number of imidazole rings is 1. The van der Waals surface area contributed by atoms with Crippen LogP contribution < -0.4 is 15.7 Å². The van der Waals surface area contributed by atoms with Gasteiger partial charge in [0, 0.05) is 17.5 Å². The second-order valence-corrected chi connectivity index (χ2v) is 7.47. The van der Waals surface area contributed by atoms with Crippen LogP contribution in [0, 0.1) is 0 Å². The standard InChI is InChI=1S/C24H16ClN3O4/c25-17-10-16-15(14-6-2-1-3-7-14)11-23(30)32-20(16)12-21(17)31-13-22(29)28-24-26-18-8-4-5-9-19(18)27-24/h1-12H,13H2,(H2,26,27,28,29). The molecule has 2 aromatic heterocycles. The first-order valence-electron chi connectivity index (χ1n) is 9.77. The van der Waals surface area contributed by atoms with Crippen LogP contribution in [0.3, 0.4) is 0 Å². The number of aromatic nitrogens is 2. The smallest absolute Gasteiger partial charge is 0.336 e. The molecule has 0 atom stereocenters. The van der Waals surface area contributed by atoms with E-state index < -0.39 is 11.5 Å². The lowest BCUT2D eigenvalue weighted by atomic mass is 10.0. The number of H-pyrrole nitrogens is 1. The summed E-state index contributed by atoms with van der Waals surface area (Å²) in [5.41, 5.74) is 2.94. The molecule has 0 aliphatic heterocycles. The number of para-hydroxylation sites is 2. The fraction of sp³-hybridized carbons (Fsp3) is 0.0417. The Morgan fingerprint density at radius 2 is 1.84 bits per heavy atom. The van der Waals surface area contributed by atoms with Gasteiger partial charge >= 0.3 is 5.63 Å². The lowest BCUT2D eigenvalue weighted by molar-refractivity contribution is -0.118. The van der Waals surface area contributed by atoms with Crippen molar-refractivity contribution in [1.82, 2.24) is 9.97 Å². The Morgan fingerprint density at radius 3 is 2.66 bits per heavy atom. The first kappa shape index (κ1) is 19.8. The molecule has 1 amide bonds. The van der Waals surface area contributed by atoms with E-state index >= 15 is 0 Å². The van der Waals surface area contributed by atoms with E-state index in [4.69, 9.17) is 20.8 Å². The molecule has 0 aliphatic carbocycles. The van der Waals surface area contributed by atoms with Gasteiger partial charge in [-0.1, -0.05) is 54.1 Å². The molecule has 5 rings (SSSR count). The zero-order valence-corrected chi connectivity index (χ0v) is 17.3. The maximum absolute atomic E-state index is 12.3. The van der Waals surface area contributed by atoms with Crippen molar-refractivity contribution in [1.29, 1.82) is 0 Å². The molecule has 8 heteroatoms. The highest BCUT2D eigenvalue weighted by atomic mass is 35.5. The minimum Gasteiger partial charge on any atom is -0.482 e. The third kappa shape index (κ3) is 3.93. The van der Waals surface area contributed by atoms with Gasteiger partial charge in [-0.15, -0.1) is 0 Å². The van der Waals surface area contributed by atoms with Gasteiger partial charge in [-0.05, 0) is 29.3 Å². The number of carbonyl (C=O) groups is 1. The number of ether oxygens (including phenoxy) is 1. The first-order valence-corrected chi connectivity index (χ1v) is 10.1. The number of amides is 1. The Hall–Kier alpha value is -4.10. The number of hydrogen-bond donors (Lipinski definition) is 2. The summed E-state index contributed by atoms with van der Waals surface area (Å²) in [5, 5.41) is 3.61. The largest absolute Gasteiger partial charge is 0.482 e. The van der Waals surface area contributed by atoms with Crippen molar-refractivity contribution in [3.8, 4) is 16.9 Å². The molecule has 0 saturated heterocycles. The Labute approximate surface area is 186 Å². The van der Waals surface area contributed by atoms with Gasteiger partial charge in [0.25, 0.3) is 5.91 Å². The molecule has 0 saturated carbocycles. The molecule has 0 radical (unpaired) electrons. The molecule has 158 valence electrons. The van der Waals surface area contributed by atoms with Crippen LogP contribution in [0.15, 0.2) is 82.0 Å². The summed E-state index contributed by atoms with van der Waals surface area (Å²) in [6.45, 7) is -0.301. The van der Waals surface area contributed by atoms with Crippen LogP contribution in [0.5, 0.6) is 5.75 Å². The zero-order chi connectivity index (χ0) is 22.1. The summed E-state index contributed by atoms with van der Waals surface area (Å²) in [6.07, 6.45) is 0. The highest BCUT2D eigenvalue weighted by Gasteiger charge is 2.14. The van der Waals surface area contributed by atoms with E-state index in [0.717, 1.165) is 16.6 Å². The second-order valence-electron chi connectivity index (χ2n) is 7.06.